The molecule has 0 radical (unpaired) electrons. The van der Waals surface area contributed by atoms with Crippen LogP contribution in [0.2, 0.25) is 0 Å². The summed E-state index contributed by atoms with van der Waals surface area (Å²) >= 11 is 0. The van der Waals surface area contributed by atoms with Gasteiger partial charge in [0.2, 0.25) is 0 Å². The Labute approximate surface area is 115 Å². The van der Waals surface area contributed by atoms with E-state index in [1.54, 1.807) is 6.33 Å². The number of hydrogen-bond donors (Lipinski definition) is 1. The number of aromatic nitrogens is 2. The van der Waals surface area contributed by atoms with E-state index >= 15 is 0 Å². The third-order valence-electron chi connectivity index (χ3n) is 4.46. The lowest BCUT2D eigenvalue weighted by atomic mass is 9.96. The molecule has 19 heavy (non-hydrogen) atoms. The summed E-state index contributed by atoms with van der Waals surface area (Å²) in [5, 5.41) is 3.75. The average Bonchev–Trinajstić information content (AvgIpc) is 3.24. The van der Waals surface area contributed by atoms with Crippen molar-refractivity contribution in [1.29, 1.82) is 0 Å². The maximum atomic E-state index is 4.38. The molecule has 3 rings (SSSR count). The molecule has 1 saturated carbocycles. The Kier molecular flexibility index (Phi) is 3.80. The molecule has 2 heterocycles. The minimum absolute atomic E-state index is 0.616. The molecule has 0 aromatic carbocycles. The summed E-state index contributed by atoms with van der Waals surface area (Å²) in [6.07, 6.45) is 6.31. The lowest BCUT2D eigenvalue weighted by molar-refractivity contribution is 0.0840. The van der Waals surface area contributed by atoms with Gasteiger partial charge in [0.05, 0.1) is 5.69 Å². The van der Waals surface area contributed by atoms with Crippen molar-refractivity contribution in [3.05, 3.63) is 24.3 Å². The van der Waals surface area contributed by atoms with E-state index in [-0.39, 0.29) is 0 Å². The van der Waals surface area contributed by atoms with Gasteiger partial charge in [-0.2, -0.15) is 0 Å². The van der Waals surface area contributed by atoms with Crippen LogP contribution in [0.4, 0.5) is 0 Å². The van der Waals surface area contributed by atoms with Crippen molar-refractivity contribution in [1.82, 2.24) is 20.2 Å². The Morgan fingerprint density at radius 1 is 1.42 bits per heavy atom. The van der Waals surface area contributed by atoms with Crippen molar-refractivity contribution in [3.8, 4) is 0 Å². The molecule has 2 atom stereocenters. The molecule has 4 heteroatoms. The molecule has 1 aliphatic carbocycles. The van der Waals surface area contributed by atoms with Crippen LogP contribution in [0, 0.1) is 11.8 Å². The Morgan fingerprint density at radius 3 is 2.89 bits per heavy atom. The first-order valence-corrected chi connectivity index (χ1v) is 7.46. The van der Waals surface area contributed by atoms with Crippen LogP contribution in [0.25, 0.3) is 0 Å². The van der Waals surface area contributed by atoms with Gasteiger partial charge in [-0.3, -0.25) is 4.90 Å². The number of nitrogens with zero attached hydrogens (tertiary/aromatic N) is 3. The molecule has 104 valence electrons. The van der Waals surface area contributed by atoms with Gasteiger partial charge in [0, 0.05) is 37.9 Å². The van der Waals surface area contributed by atoms with Gasteiger partial charge in [-0.15, -0.1) is 0 Å². The summed E-state index contributed by atoms with van der Waals surface area (Å²) in [5.74, 6) is 1.59. The van der Waals surface area contributed by atoms with E-state index in [0.717, 1.165) is 31.2 Å². The number of nitrogens with one attached hydrogen (secondary N) is 1. The summed E-state index contributed by atoms with van der Waals surface area (Å²) in [6, 6.07) is 3.34. The second kappa shape index (κ2) is 5.55. The molecular weight excluding hydrogens is 236 g/mol. The molecule has 0 amide bonds. The van der Waals surface area contributed by atoms with Gasteiger partial charge in [0.1, 0.15) is 6.33 Å². The number of hydrogen-bond acceptors (Lipinski definition) is 4. The third kappa shape index (κ3) is 3.12. The average molecular weight is 260 g/mol. The van der Waals surface area contributed by atoms with Gasteiger partial charge in [-0.25, -0.2) is 9.97 Å². The standard InChI is InChI=1S/C15H24N4/c1-11(2)15-7-17-14(12-3-4-12)9-19(15)8-13-5-6-16-10-18-13/h5-6,10-12,14-15,17H,3-4,7-9H2,1-2H3. The van der Waals surface area contributed by atoms with Crippen molar-refractivity contribution < 1.29 is 0 Å². The number of rotatable bonds is 4. The van der Waals surface area contributed by atoms with E-state index in [0.29, 0.717) is 18.0 Å². The molecule has 4 nitrogen and oxygen atoms in total. The second-order valence-corrected chi connectivity index (χ2v) is 6.29. The zero-order chi connectivity index (χ0) is 13.2. The molecule has 2 aliphatic rings. The van der Waals surface area contributed by atoms with Gasteiger partial charge in [-0.1, -0.05) is 13.8 Å². The van der Waals surface area contributed by atoms with Gasteiger partial charge >= 0.3 is 0 Å². The van der Waals surface area contributed by atoms with E-state index in [1.807, 2.05) is 12.3 Å². The van der Waals surface area contributed by atoms with Gasteiger partial charge in [0.25, 0.3) is 0 Å². The molecule has 2 unspecified atom stereocenters. The molecule has 1 saturated heterocycles. The molecule has 0 spiro atoms. The first-order chi connectivity index (χ1) is 9.24. The fourth-order valence-electron chi connectivity index (χ4n) is 3.13. The molecule has 1 aliphatic heterocycles. The largest absolute Gasteiger partial charge is 0.311 e. The van der Waals surface area contributed by atoms with E-state index in [1.165, 1.54) is 12.8 Å². The Balaban J connectivity index is 1.69. The summed E-state index contributed by atoms with van der Waals surface area (Å²) in [7, 11) is 0. The second-order valence-electron chi connectivity index (χ2n) is 6.29. The minimum atomic E-state index is 0.616. The highest BCUT2D eigenvalue weighted by atomic mass is 15.2. The molecule has 1 N–H and O–H groups in total. The minimum Gasteiger partial charge on any atom is -0.311 e. The highest BCUT2D eigenvalue weighted by Gasteiger charge is 2.37. The van der Waals surface area contributed by atoms with Crippen molar-refractivity contribution in [2.24, 2.45) is 11.8 Å². The Bertz CT molecular complexity index is 402. The van der Waals surface area contributed by atoms with Crippen molar-refractivity contribution in [3.63, 3.8) is 0 Å². The maximum Gasteiger partial charge on any atom is 0.115 e. The van der Waals surface area contributed by atoms with Crippen molar-refractivity contribution in [2.45, 2.75) is 45.3 Å². The normalized spacial score (nSPS) is 28.8. The van der Waals surface area contributed by atoms with E-state index < -0.39 is 0 Å². The lowest BCUT2D eigenvalue weighted by Gasteiger charge is -2.42. The highest BCUT2D eigenvalue weighted by molar-refractivity contribution is 5.01. The summed E-state index contributed by atoms with van der Waals surface area (Å²) in [5.41, 5.74) is 1.14. The number of piperazine rings is 1. The van der Waals surface area contributed by atoms with Crippen molar-refractivity contribution in [2.75, 3.05) is 13.1 Å². The third-order valence-corrected chi connectivity index (χ3v) is 4.46. The fraction of sp³-hybridized carbons (Fsp3) is 0.733. The zero-order valence-electron chi connectivity index (χ0n) is 11.9. The van der Waals surface area contributed by atoms with Crippen LogP contribution in [0.1, 0.15) is 32.4 Å². The van der Waals surface area contributed by atoms with Crippen LogP contribution >= 0.6 is 0 Å². The molecule has 2 fully saturated rings. The van der Waals surface area contributed by atoms with Crippen LogP contribution in [-0.2, 0) is 6.54 Å². The topological polar surface area (TPSA) is 41.0 Å². The first kappa shape index (κ1) is 13.0. The van der Waals surface area contributed by atoms with E-state index in [4.69, 9.17) is 0 Å². The van der Waals surface area contributed by atoms with Crippen LogP contribution in [-0.4, -0.2) is 40.0 Å². The predicted octanol–water partition coefficient (Wildman–Crippen LogP) is 1.68. The summed E-state index contributed by atoms with van der Waals surface area (Å²) in [4.78, 5) is 11.0. The smallest absolute Gasteiger partial charge is 0.115 e. The highest BCUT2D eigenvalue weighted by Crippen LogP contribution is 2.35. The molecule has 1 aromatic rings. The van der Waals surface area contributed by atoms with Crippen molar-refractivity contribution >= 4 is 0 Å². The van der Waals surface area contributed by atoms with E-state index in [9.17, 15) is 0 Å². The first-order valence-electron chi connectivity index (χ1n) is 7.46. The fourth-order valence-corrected chi connectivity index (χ4v) is 3.13. The summed E-state index contributed by atoms with van der Waals surface area (Å²) < 4.78 is 0. The lowest BCUT2D eigenvalue weighted by Crippen LogP contribution is -2.58. The van der Waals surface area contributed by atoms with Crippen LogP contribution < -0.4 is 5.32 Å². The van der Waals surface area contributed by atoms with Crippen LogP contribution in [0.5, 0.6) is 0 Å². The van der Waals surface area contributed by atoms with Gasteiger partial charge in [-0.05, 0) is 30.7 Å². The Hall–Kier alpha value is -1.00. The molecular formula is C15H24N4. The zero-order valence-corrected chi connectivity index (χ0v) is 11.9. The molecule has 0 bridgehead atoms. The van der Waals surface area contributed by atoms with Crippen LogP contribution in [0.15, 0.2) is 18.6 Å². The monoisotopic (exact) mass is 260 g/mol. The quantitative estimate of drug-likeness (QED) is 0.894. The summed E-state index contributed by atoms with van der Waals surface area (Å²) in [6.45, 7) is 7.87. The van der Waals surface area contributed by atoms with Gasteiger partial charge in [0.15, 0.2) is 0 Å². The molecule has 1 aromatic heterocycles. The van der Waals surface area contributed by atoms with Gasteiger partial charge < -0.3 is 5.32 Å². The maximum absolute atomic E-state index is 4.38. The SMILES string of the molecule is CC(C)C1CNC(C2CC2)CN1Cc1ccncn1. The van der Waals surface area contributed by atoms with Crippen LogP contribution in [0.3, 0.4) is 0 Å². The predicted molar refractivity (Wildman–Crippen MR) is 75.6 cm³/mol. The van der Waals surface area contributed by atoms with E-state index in [2.05, 4.69) is 34.0 Å². The Morgan fingerprint density at radius 2 is 2.26 bits per heavy atom.